The van der Waals surface area contributed by atoms with Crippen LogP contribution in [0.3, 0.4) is 0 Å². The highest BCUT2D eigenvalue weighted by atomic mass is 16.6. The van der Waals surface area contributed by atoms with Crippen LogP contribution in [0.2, 0.25) is 0 Å². The Hall–Kier alpha value is -3.32. The second-order valence-corrected chi connectivity index (χ2v) is 6.11. The summed E-state index contributed by atoms with van der Waals surface area (Å²) in [6, 6.07) is 14.1. The maximum absolute atomic E-state index is 12.6. The summed E-state index contributed by atoms with van der Waals surface area (Å²) < 4.78 is 21.3. The van der Waals surface area contributed by atoms with Crippen molar-refractivity contribution >= 4 is 28.5 Å². The van der Waals surface area contributed by atoms with Crippen LogP contribution < -0.4 is 10.1 Å². The normalized spacial score (nSPS) is 11.8. The summed E-state index contributed by atoms with van der Waals surface area (Å²) in [5, 5.41) is 3.46. The zero-order chi connectivity index (χ0) is 20.1. The Labute approximate surface area is 162 Å². The van der Waals surface area contributed by atoms with Gasteiger partial charge >= 0.3 is 5.97 Å². The topological polar surface area (TPSA) is 87.0 Å². The molecule has 1 aromatic heterocycles. The van der Waals surface area contributed by atoms with Crippen molar-refractivity contribution in [3.8, 4) is 5.75 Å². The Kier molecular flexibility index (Phi) is 5.96. The Balaban J connectivity index is 1.74. The molecule has 0 saturated heterocycles. The maximum atomic E-state index is 12.6. The van der Waals surface area contributed by atoms with Crippen molar-refractivity contribution in [3.63, 3.8) is 0 Å². The SMILES string of the molecule is COCc1c(C(=O)O[C@@H](C)C(=O)Nc2cccc(OC)c2)oc2ccccc12. The van der Waals surface area contributed by atoms with Crippen molar-refractivity contribution in [1.82, 2.24) is 0 Å². The molecule has 0 aliphatic rings. The van der Waals surface area contributed by atoms with Crippen LogP contribution in [0.4, 0.5) is 5.69 Å². The van der Waals surface area contributed by atoms with Crippen LogP contribution in [0.15, 0.2) is 52.9 Å². The zero-order valence-electron chi connectivity index (χ0n) is 15.9. The first-order valence-electron chi connectivity index (χ1n) is 8.68. The monoisotopic (exact) mass is 383 g/mol. The molecular formula is C21H21NO6. The number of hydrogen-bond donors (Lipinski definition) is 1. The molecule has 1 atom stereocenters. The quantitative estimate of drug-likeness (QED) is 0.625. The first-order valence-corrected chi connectivity index (χ1v) is 8.68. The van der Waals surface area contributed by atoms with E-state index in [1.165, 1.54) is 21.1 Å². The van der Waals surface area contributed by atoms with Gasteiger partial charge in [-0.05, 0) is 25.1 Å². The summed E-state index contributed by atoms with van der Waals surface area (Å²) in [4.78, 5) is 25.0. The number of anilines is 1. The van der Waals surface area contributed by atoms with E-state index < -0.39 is 18.0 Å². The fourth-order valence-corrected chi connectivity index (χ4v) is 2.76. The van der Waals surface area contributed by atoms with E-state index in [0.29, 0.717) is 22.6 Å². The third-order valence-corrected chi connectivity index (χ3v) is 4.16. The molecular weight excluding hydrogens is 362 g/mol. The van der Waals surface area contributed by atoms with Gasteiger partial charge in [-0.15, -0.1) is 0 Å². The summed E-state index contributed by atoms with van der Waals surface area (Å²) in [5.74, 6) is -0.555. The Morgan fingerprint density at radius 2 is 1.89 bits per heavy atom. The van der Waals surface area contributed by atoms with Crippen molar-refractivity contribution in [3.05, 3.63) is 59.9 Å². The summed E-state index contributed by atoms with van der Waals surface area (Å²) in [5.41, 5.74) is 1.68. The molecule has 0 bridgehead atoms. The number of fused-ring (bicyclic) bond motifs is 1. The van der Waals surface area contributed by atoms with Gasteiger partial charge in [-0.2, -0.15) is 0 Å². The highest BCUT2D eigenvalue weighted by molar-refractivity contribution is 5.99. The van der Waals surface area contributed by atoms with Crippen LogP contribution in [0.1, 0.15) is 23.0 Å². The number of amides is 1. The number of carbonyl (C=O) groups excluding carboxylic acids is 2. The second-order valence-electron chi connectivity index (χ2n) is 6.11. The molecule has 7 nitrogen and oxygen atoms in total. The fraction of sp³-hybridized carbons (Fsp3) is 0.238. The van der Waals surface area contributed by atoms with Crippen LogP contribution in [0, 0.1) is 0 Å². The van der Waals surface area contributed by atoms with Gasteiger partial charge in [-0.1, -0.05) is 24.3 Å². The van der Waals surface area contributed by atoms with E-state index in [-0.39, 0.29) is 12.4 Å². The van der Waals surface area contributed by atoms with Crippen molar-refractivity contribution < 1.29 is 28.2 Å². The van der Waals surface area contributed by atoms with Gasteiger partial charge in [0.25, 0.3) is 5.91 Å². The van der Waals surface area contributed by atoms with Crippen LogP contribution in [0.5, 0.6) is 5.75 Å². The summed E-state index contributed by atoms with van der Waals surface area (Å²) in [7, 11) is 3.07. The second kappa shape index (κ2) is 8.58. The lowest BCUT2D eigenvalue weighted by Gasteiger charge is -2.13. The number of benzene rings is 2. The minimum Gasteiger partial charge on any atom is -0.497 e. The van der Waals surface area contributed by atoms with Gasteiger partial charge < -0.3 is 23.9 Å². The average Bonchev–Trinajstić information content (AvgIpc) is 3.07. The molecule has 3 aromatic rings. The predicted molar refractivity (Wildman–Crippen MR) is 103 cm³/mol. The highest BCUT2D eigenvalue weighted by Gasteiger charge is 2.25. The third-order valence-electron chi connectivity index (χ3n) is 4.16. The van der Waals surface area contributed by atoms with Gasteiger partial charge in [-0.25, -0.2) is 4.79 Å². The van der Waals surface area contributed by atoms with E-state index >= 15 is 0 Å². The van der Waals surface area contributed by atoms with Crippen molar-refractivity contribution in [2.24, 2.45) is 0 Å². The van der Waals surface area contributed by atoms with Gasteiger partial charge in [0.05, 0.1) is 13.7 Å². The molecule has 2 aromatic carbocycles. The molecule has 1 amide bonds. The highest BCUT2D eigenvalue weighted by Crippen LogP contribution is 2.27. The molecule has 0 radical (unpaired) electrons. The van der Waals surface area contributed by atoms with E-state index in [2.05, 4.69) is 5.32 Å². The number of para-hydroxylation sites is 1. The summed E-state index contributed by atoms with van der Waals surface area (Å²) in [6.45, 7) is 1.68. The minimum atomic E-state index is -1.03. The molecule has 1 heterocycles. The lowest BCUT2D eigenvalue weighted by molar-refractivity contribution is -0.123. The van der Waals surface area contributed by atoms with Crippen LogP contribution >= 0.6 is 0 Å². The van der Waals surface area contributed by atoms with Crippen molar-refractivity contribution in [1.29, 1.82) is 0 Å². The number of carbonyl (C=O) groups is 2. The largest absolute Gasteiger partial charge is 0.497 e. The van der Waals surface area contributed by atoms with E-state index in [9.17, 15) is 9.59 Å². The minimum absolute atomic E-state index is 0.0316. The van der Waals surface area contributed by atoms with Gasteiger partial charge in [0.2, 0.25) is 5.76 Å². The number of hydrogen-bond acceptors (Lipinski definition) is 6. The Bertz CT molecular complexity index is 993. The number of rotatable bonds is 7. The summed E-state index contributed by atoms with van der Waals surface area (Å²) >= 11 is 0. The summed E-state index contributed by atoms with van der Waals surface area (Å²) in [6.07, 6.45) is -1.03. The van der Waals surface area contributed by atoms with Crippen LogP contribution in [-0.2, 0) is 20.9 Å². The number of furan rings is 1. The maximum Gasteiger partial charge on any atom is 0.375 e. The predicted octanol–water partition coefficient (Wildman–Crippen LogP) is 3.77. The number of ether oxygens (including phenoxy) is 3. The molecule has 0 saturated carbocycles. The van der Waals surface area contributed by atoms with E-state index in [1.807, 2.05) is 18.2 Å². The van der Waals surface area contributed by atoms with Crippen LogP contribution in [0.25, 0.3) is 11.0 Å². The lowest BCUT2D eigenvalue weighted by Crippen LogP contribution is -2.30. The van der Waals surface area contributed by atoms with Crippen molar-refractivity contribution in [2.45, 2.75) is 19.6 Å². The molecule has 146 valence electrons. The molecule has 28 heavy (non-hydrogen) atoms. The van der Waals surface area contributed by atoms with E-state index in [1.54, 1.807) is 30.3 Å². The van der Waals surface area contributed by atoms with Gasteiger partial charge in [0, 0.05) is 29.8 Å². The number of methoxy groups -OCH3 is 2. The van der Waals surface area contributed by atoms with E-state index in [0.717, 1.165) is 5.39 Å². The average molecular weight is 383 g/mol. The van der Waals surface area contributed by atoms with Crippen molar-refractivity contribution in [2.75, 3.05) is 19.5 Å². The first-order chi connectivity index (χ1) is 13.5. The van der Waals surface area contributed by atoms with Gasteiger partial charge in [0.1, 0.15) is 11.3 Å². The van der Waals surface area contributed by atoms with E-state index in [4.69, 9.17) is 18.6 Å². The molecule has 1 N–H and O–H groups in total. The fourth-order valence-electron chi connectivity index (χ4n) is 2.76. The molecule has 7 heteroatoms. The number of esters is 1. The molecule has 0 unspecified atom stereocenters. The van der Waals surface area contributed by atoms with Gasteiger partial charge in [0.15, 0.2) is 6.10 Å². The Morgan fingerprint density at radius 3 is 2.64 bits per heavy atom. The first kappa shape index (κ1) is 19.4. The molecule has 0 aliphatic carbocycles. The lowest BCUT2D eigenvalue weighted by atomic mass is 10.1. The Morgan fingerprint density at radius 1 is 1.11 bits per heavy atom. The van der Waals surface area contributed by atoms with Gasteiger partial charge in [-0.3, -0.25) is 4.79 Å². The standard InChI is InChI=1S/C21H21NO6/c1-13(20(23)22-14-7-6-8-15(11-14)26-3)27-21(24)19-17(12-25-2)16-9-4-5-10-18(16)28-19/h4-11,13H,12H2,1-3H3,(H,22,23)/t13-/m0/s1. The smallest absolute Gasteiger partial charge is 0.375 e. The molecule has 0 spiro atoms. The van der Waals surface area contributed by atoms with Crippen LogP contribution in [-0.4, -0.2) is 32.2 Å². The third kappa shape index (κ3) is 4.15. The zero-order valence-corrected chi connectivity index (χ0v) is 15.9. The molecule has 0 fully saturated rings. The molecule has 0 aliphatic heterocycles. The number of nitrogens with one attached hydrogen (secondary N) is 1. The molecule has 3 rings (SSSR count).